The first-order chi connectivity index (χ1) is 5.06. The van der Waals surface area contributed by atoms with Gasteiger partial charge in [0.05, 0.1) is 17.1 Å². The second kappa shape index (κ2) is 3.11. The maximum Gasteiger partial charge on any atom is 0.153 e. The van der Waals surface area contributed by atoms with Crippen LogP contribution in [-0.4, -0.2) is 30.6 Å². The number of hydrogen-bond acceptors (Lipinski definition) is 3. The van der Waals surface area contributed by atoms with Gasteiger partial charge in [0.1, 0.15) is 0 Å². The third kappa shape index (κ3) is 1.93. The van der Waals surface area contributed by atoms with Crippen LogP contribution in [0.5, 0.6) is 0 Å². The van der Waals surface area contributed by atoms with Crippen molar-refractivity contribution in [1.82, 2.24) is 0 Å². The molecule has 11 heavy (non-hydrogen) atoms. The molecular formula is C7H14O3S. The molecule has 0 aromatic rings. The molecule has 1 aliphatic heterocycles. The van der Waals surface area contributed by atoms with Crippen molar-refractivity contribution in [2.24, 2.45) is 0 Å². The van der Waals surface area contributed by atoms with Crippen LogP contribution in [0.4, 0.5) is 0 Å². The van der Waals surface area contributed by atoms with E-state index in [1.54, 1.807) is 0 Å². The smallest absolute Gasteiger partial charge is 0.153 e. The van der Waals surface area contributed by atoms with E-state index in [9.17, 15) is 13.5 Å². The first kappa shape index (κ1) is 9.00. The second-order valence-corrected chi connectivity index (χ2v) is 5.48. The van der Waals surface area contributed by atoms with Crippen LogP contribution in [0.25, 0.3) is 0 Å². The van der Waals surface area contributed by atoms with Crippen LogP contribution in [0.1, 0.15) is 26.2 Å². The van der Waals surface area contributed by atoms with Crippen molar-refractivity contribution in [1.29, 1.82) is 0 Å². The predicted molar refractivity (Wildman–Crippen MR) is 43.1 cm³/mol. The van der Waals surface area contributed by atoms with Gasteiger partial charge in [-0.1, -0.05) is 6.92 Å². The Morgan fingerprint density at radius 2 is 2.18 bits per heavy atom. The molecule has 2 unspecified atom stereocenters. The molecule has 1 heterocycles. The van der Waals surface area contributed by atoms with Crippen LogP contribution in [-0.2, 0) is 9.84 Å². The van der Waals surface area contributed by atoms with Gasteiger partial charge in [0, 0.05) is 0 Å². The molecule has 1 rings (SSSR count). The minimum Gasteiger partial charge on any atom is -0.393 e. The molecule has 0 bridgehead atoms. The van der Waals surface area contributed by atoms with E-state index in [1.165, 1.54) is 0 Å². The van der Waals surface area contributed by atoms with Crippen molar-refractivity contribution >= 4 is 9.84 Å². The summed E-state index contributed by atoms with van der Waals surface area (Å²) in [5.74, 6) is 0.159. The molecule has 0 radical (unpaired) electrons. The Kier molecular flexibility index (Phi) is 2.54. The quantitative estimate of drug-likeness (QED) is 0.629. The maximum atomic E-state index is 11.2. The van der Waals surface area contributed by atoms with Crippen LogP contribution in [0.2, 0.25) is 0 Å². The number of sulfone groups is 1. The first-order valence-corrected chi connectivity index (χ1v) is 5.67. The highest BCUT2D eigenvalue weighted by atomic mass is 32.2. The van der Waals surface area contributed by atoms with Gasteiger partial charge in [0.15, 0.2) is 9.84 Å². The number of aliphatic hydroxyl groups excluding tert-OH is 1. The standard InChI is InChI=1S/C7H14O3S/c1-2-7-5-6(8)3-4-11(7,9)10/h6-8H,2-5H2,1H3. The van der Waals surface area contributed by atoms with Gasteiger partial charge in [-0.25, -0.2) is 8.42 Å². The lowest BCUT2D eigenvalue weighted by atomic mass is 10.1. The van der Waals surface area contributed by atoms with E-state index < -0.39 is 15.9 Å². The molecule has 1 aliphatic rings. The Morgan fingerprint density at radius 1 is 1.55 bits per heavy atom. The molecule has 1 saturated heterocycles. The summed E-state index contributed by atoms with van der Waals surface area (Å²) in [6.07, 6.45) is 1.07. The summed E-state index contributed by atoms with van der Waals surface area (Å²) < 4.78 is 22.5. The number of rotatable bonds is 1. The Balaban J connectivity index is 2.72. The highest BCUT2D eigenvalue weighted by Gasteiger charge is 2.31. The average molecular weight is 178 g/mol. The summed E-state index contributed by atoms with van der Waals surface area (Å²) in [7, 11) is -2.87. The SMILES string of the molecule is CCC1CC(O)CCS1(=O)=O. The minimum atomic E-state index is -2.87. The van der Waals surface area contributed by atoms with Crippen LogP contribution < -0.4 is 0 Å². The van der Waals surface area contributed by atoms with E-state index >= 15 is 0 Å². The summed E-state index contributed by atoms with van der Waals surface area (Å²) in [5.41, 5.74) is 0. The minimum absolute atomic E-state index is 0.159. The van der Waals surface area contributed by atoms with Gasteiger partial charge in [-0.05, 0) is 19.3 Å². The van der Waals surface area contributed by atoms with Crippen LogP contribution in [0.15, 0.2) is 0 Å². The fourth-order valence-corrected chi connectivity index (χ4v) is 3.41. The zero-order chi connectivity index (χ0) is 8.48. The molecule has 0 spiro atoms. The van der Waals surface area contributed by atoms with Crippen molar-refractivity contribution < 1.29 is 13.5 Å². The van der Waals surface area contributed by atoms with E-state index in [-0.39, 0.29) is 11.0 Å². The molecule has 0 amide bonds. The lowest BCUT2D eigenvalue weighted by Gasteiger charge is -2.24. The van der Waals surface area contributed by atoms with Crippen LogP contribution >= 0.6 is 0 Å². The first-order valence-electron chi connectivity index (χ1n) is 3.96. The Labute approximate surface area is 67.3 Å². The second-order valence-electron chi connectivity index (χ2n) is 3.08. The van der Waals surface area contributed by atoms with E-state index in [0.29, 0.717) is 19.3 Å². The molecule has 0 aliphatic carbocycles. The molecule has 0 saturated carbocycles. The van der Waals surface area contributed by atoms with E-state index in [2.05, 4.69) is 0 Å². The van der Waals surface area contributed by atoms with E-state index in [1.807, 2.05) is 6.92 Å². The largest absolute Gasteiger partial charge is 0.393 e. The summed E-state index contributed by atoms with van der Waals surface area (Å²) in [6.45, 7) is 1.85. The Bertz CT molecular complexity index is 220. The van der Waals surface area contributed by atoms with E-state index in [0.717, 1.165) is 0 Å². The summed E-state index contributed by atoms with van der Waals surface area (Å²) in [5, 5.41) is 8.88. The Hall–Kier alpha value is -0.0900. The van der Waals surface area contributed by atoms with Gasteiger partial charge in [-0.2, -0.15) is 0 Å². The van der Waals surface area contributed by atoms with Crippen LogP contribution in [0.3, 0.4) is 0 Å². The third-order valence-electron chi connectivity index (χ3n) is 2.23. The van der Waals surface area contributed by atoms with Gasteiger partial charge in [0.25, 0.3) is 0 Å². The van der Waals surface area contributed by atoms with Crippen molar-refractivity contribution in [3.8, 4) is 0 Å². The van der Waals surface area contributed by atoms with Crippen molar-refractivity contribution in [3.63, 3.8) is 0 Å². The molecule has 2 atom stereocenters. The summed E-state index contributed by atoms with van der Waals surface area (Å²) >= 11 is 0. The monoisotopic (exact) mass is 178 g/mol. The number of hydrogen-bond donors (Lipinski definition) is 1. The highest BCUT2D eigenvalue weighted by molar-refractivity contribution is 7.92. The summed E-state index contributed by atoms with van der Waals surface area (Å²) in [6, 6.07) is 0. The normalized spacial score (nSPS) is 36.9. The van der Waals surface area contributed by atoms with Crippen molar-refractivity contribution in [3.05, 3.63) is 0 Å². The van der Waals surface area contributed by atoms with Gasteiger partial charge < -0.3 is 5.11 Å². The maximum absolute atomic E-state index is 11.2. The lowest BCUT2D eigenvalue weighted by Crippen LogP contribution is -2.34. The van der Waals surface area contributed by atoms with Gasteiger partial charge in [0.2, 0.25) is 0 Å². The molecule has 0 aromatic carbocycles. The van der Waals surface area contributed by atoms with Crippen molar-refractivity contribution in [2.75, 3.05) is 5.75 Å². The summed E-state index contributed by atoms with van der Waals surface area (Å²) in [4.78, 5) is 0. The fraction of sp³-hybridized carbons (Fsp3) is 1.00. The zero-order valence-electron chi connectivity index (χ0n) is 6.66. The molecule has 1 fully saturated rings. The van der Waals surface area contributed by atoms with Crippen molar-refractivity contribution in [2.45, 2.75) is 37.5 Å². The lowest BCUT2D eigenvalue weighted by molar-refractivity contribution is 0.153. The fourth-order valence-electron chi connectivity index (χ4n) is 1.46. The third-order valence-corrected chi connectivity index (χ3v) is 4.58. The topological polar surface area (TPSA) is 54.4 Å². The van der Waals surface area contributed by atoms with E-state index in [4.69, 9.17) is 0 Å². The van der Waals surface area contributed by atoms with Gasteiger partial charge in [-0.3, -0.25) is 0 Å². The molecule has 4 heteroatoms. The molecule has 1 N–H and O–H groups in total. The highest BCUT2D eigenvalue weighted by Crippen LogP contribution is 2.21. The molecule has 0 aromatic heterocycles. The van der Waals surface area contributed by atoms with Gasteiger partial charge >= 0.3 is 0 Å². The molecule has 3 nitrogen and oxygen atoms in total. The predicted octanol–water partition coefficient (Wildman–Crippen LogP) is 0.334. The van der Waals surface area contributed by atoms with Crippen LogP contribution in [0, 0.1) is 0 Å². The zero-order valence-corrected chi connectivity index (χ0v) is 7.47. The van der Waals surface area contributed by atoms with Gasteiger partial charge in [-0.15, -0.1) is 0 Å². The number of aliphatic hydroxyl groups is 1. The Morgan fingerprint density at radius 3 is 2.64 bits per heavy atom. The average Bonchev–Trinajstić information content (AvgIpc) is 1.94. The molecular weight excluding hydrogens is 164 g/mol. The molecule has 66 valence electrons.